The number of amidine groups is 1. The lowest BCUT2D eigenvalue weighted by molar-refractivity contribution is -0.124. The van der Waals surface area contributed by atoms with Crippen molar-refractivity contribution in [1.29, 1.82) is 0 Å². The second-order valence-corrected chi connectivity index (χ2v) is 9.55. The van der Waals surface area contributed by atoms with Gasteiger partial charge < -0.3 is 4.74 Å². The molecule has 2 aromatic rings. The van der Waals surface area contributed by atoms with E-state index >= 15 is 0 Å². The highest BCUT2D eigenvalue weighted by Gasteiger charge is 2.38. The van der Waals surface area contributed by atoms with Crippen molar-refractivity contribution in [3.05, 3.63) is 64.6 Å². The SMILES string of the molecule is Cc1ccc(N=C2S/C(=C/c3ccc(OC(C)C)cc3)C(=O)N2C2CCCCC2)cc1. The zero-order chi connectivity index (χ0) is 21.8. The zero-order valence-electron chi connectivity index (χ0n) is 18.5. The van der Waals surface area contributed by atoms with Gasteiger partial charge in [0.05, 0.1) is 16.7 Å². The van der Waals surface area contributed by atoms with Gasteiger partial charge in [-0.2, -0.15) is 0 Å². The number of benzene rings is 2. The normalized spacial score (nSPS) is 20.3. The molecule has 4 rings (SSSR count). The first kappa shape index (κ1) is 21.7. The molecule has 1 saturated heterocycles. The summed E-state index contributed by atoms with van der Waals surface area (Å²) < 4.78 is 5.73. The number of carbonyl (C=O) groups excluding carboxylic acids is 1. The van der Waals surface area contributed by atoms with Crippen molar-refractivity contribution in [2.45, 2.75) is 65.0 Å². The molecular weight excluding hydrogens is 404 g/mol. The number of hydrogen-bond donors (Lipinski definition) is 0. The van der Waals surface area contributed by atoms with E-state index in [0.29, 0.717) is 0 Å². The molecule has 0 bridgehead atoms. The Morgan fingerprint density at radius 1 is 1.03 bits per heavy atom. The van der Waals surface area contributed by atoms with Crippen LogP contribution < -0.4 is 4.74 Å². The summed E-state index contributed by atoms with van der Waals surface area (Å²) in [5.41, 5.74) is 3.08. The summed E-state index contributed by atoms with van der Waals surface area (Å²) in [6.07, 6.45) is 7.81. The van der Waals surface area contributed by atoms with Gasteiger partial charge in [-0.15, -0.1) is 0 Å². The predicted octanol–water partition coefficient (Wildman–Crippen LogP) is 6.72. The molecule has 1 heterocycles. The molecule has 5 heteroatoms. The van der Waals surface area contributed by atoms with Gasteiger partial charge in [-0.1, -0.05) is 49.1 Å². The van der Waals surface area contributed by atoms with Crippen LogP contribution in [0.2, 0.25) is 0 Å². The first-order chi connectivity index (χ1) is 15.0. The van der Waals surface area contributed by atoms with Gasteiger partial charge in [0.2, 0.25) is 0 Å². The van der Waals surface area contributed by atoms with Crippen molar-refractivity contribution >= 4 is 34.6 Å². The molecule has 31 heavy (non-hydrogen) atoms. The average molecular weight is 435 g/mol. The summed E-state index contributed by atoms with van der Waals surface area (Å²) >= 11 is 1.49. The molecule has 4 nitrogen and oxygen atoms in total. The van der Waals surface area contributed by atoms with E-state index in [2.05, 4.69) is 19.1 Å². The summed E-state index contributed by atoms with van der Waals surface area (Å²) in [7, 11) is 0. The first-order valence-corrected chi connectivity index (χ1v) is 12.0. The molecule has 1 aliphatic heterocycles. The van der Waals surface area contributed by atoms with E-state index in [0.717, 1.165) is 39.9 Å². The van der Waals surface area contributed by atoms with E-state index < -0.39 is 0 Å². The van der Waals surface area contributed by atoms with Gasteiger partial charge in [-0.3, -0.25) is 9.69 Å². The van der Waals surface area contributed by atoms with Crippen LogP contribution in [0, 0.1) is 6.92 Å². The fraction of sp³-hybridized carbons (Fsp3) is 0.385. The van der Waals surface area contributed by atoms with Gasteiger partial charge in [-0.05, 0) is 81.3 Å². The highest BCUT2D eigenvalue weighted by atomic mass is 32.2. The van der Waals surface area contributed by atoms with Gasteiger partial charge in [-0.25, -0.2) is 4.99 Å². The largest absolute Gasteiger partial charge is 0.491 e. The second kappa shape index (κ2) is 9.73. The molecular formula is C26H30N2O2S. The number of ether oxygens (including phenoxy) is 1. The molecule has 2 aliphatic rings. The van der Waals surface area contributed by atoms with Crippen molar-refractivity contribution in [2.75, 3.05) is 0 Å². The van der Waals surface area contributed by atoms with Crippen molar-refractivity contribution in [3.8, 4) is 5.75 Å². The Hall–Kier alpha value is -2.53. The van der Waals surface area contributed by atoms with E-state index in [1.807, 2.05) is 61.2 Å². The van der Waals surface area contributed by atoms with Gasteiger partial charge in [0.15, 0.2) is 5.17 Å². The van der Waals surface area contributed by atoms with Crippen molar-refractivity contribution in [1.82, 2.24) is 4.90 Å². The minimum absolute atomic E-state index is 0.0743. The Labute approximate surface area is 189 Å². The molecule has 0 spiro atoms. The third-order valence-electron chi connectivity index (χ3n) is 5.59. The van der Waals surface area contributed by atoms with E-state index in [-0.39, 0.29) is 18.1 Å². The Kier molecular flexibility index (Phi) is 6.81. The molecule has 0 N–H and O–H groups in total. The summed E-state index contributed by atoms with van der Waals surface area (Å²) in [5, 5.41) is 0.798. The van der Waals surface area contributed by atoms with Crippen molar-refractivity contribution in [3.63, 3.8) is 0 Å². The zero-order valence-corrected chi connectivity index (χ0v) is 19.3. The molecule has 162 valence electrons. The van der Waals surface area contributed by atoms with Crippen molar-refractivity contribution < 1.29 is 9.53 Å². The fourth-order valence-corrected chi connectivity index (χ4v) is 5.08. The molecule has 1 amide bonds. The molecule has 0 radical (unpaired) electrons. The summed E-state index contributed by atoms with van der Waals surface area (Å²) in [6, 6.07) is 16.3. The van der Waals surface area contributed by atoms with E-state index in [4.69, 9.17) is 9.73 Å². The number of amides is 1. The van der Waals surface area contributed by atoms with Crippen LogP contribution in [0.15, 0.2) is 58.4 Å². The van der Waals surface area contributed by atoms with Crippen LogP contribution in [-0.2, 0) is 4.79 Å². The van der Waals surface area contributed by atoms with Crippen LogP contribution in [-0.4, -0.2) is 28.1 Å². The quantitative estimate of drug-likeness (QED) is 0.491. The van der Waals surface area contributed by atoms with Crippen LogP contribution in [0.4, 0.5) is 5.69 Å². The van der Waals surface area contributed by atoms with Gasteiger partial charge in [0.1, 0.15) is 5.75 Å². The van der Waals surface area contributed by atoms with Gasteiger partial charge >= 0.3 is 0 Å². The van der Waals surface area contributed by atoms with Crippen LogP contribution in [0.1, 0.15) is 57.1 Å². The van der Waals surface area contributed by atoms with E-state index in [9.17, 15) is 4.79 Å². The fourth-order valence-electron chi connectivity index (χ4n) is 4.02. The Balaban J connectivity index is 1.62. The number of nitrogens with zero attached hydrogens (tertiary/aromatic N) is 2. The van der Waals surface area contributed by atoms with Crippen molar-refractivity contribution in [2.24, 2.45) is 4.99 Å². The molecule has 2 fully saturated rings. The molecule has 0 atom stereocenters. The smallest absolute Gasteiger partial charge is 0.267 e. The summed E-state index contributed by atoms with van der Waals surface area (Å²) in [4.78, 5) is 21.0. The van der Waals surface area contributed by atoms with Gasteiger partial charge in [0.25, 0.3) is 5.91 Å². The Morgan fingerprint density at radius 2 is 1.71 bits per heavy atom. The lowest BCUT2D eigenvalue weighted by atomic mass is 9.94. The number of aliphatic imine (C=N–C) groups is 1. The summed E-state index contributed by atoms with van der Waals surface area (Å²) in [6.45, 7) is 6.09. The third kappa shape index (κ3) is 5.40. The van der Waals surface area contributed by atoms with Crippen LogP contribution >= 0.6 is 11.8 Å². The number of hydrogen-bond acceptors (Lipinski definition) is 4. The van der Waals surface area contributed by atoms with E-state index in [1.165, 1.54) is 36.6 Å². The maximum absolute atomic E-state index is 13.4. The van der Waals surface area contributed by atoms with Crippen LogP contribution in [0.3, 0.4) is 0 Å². The topological polar surface area (TPSA) is 41.9 Å². The standard InChI is InChI=1S/C26H30N2O2S/c1-18(2)30-23-15-11-20(12-16-23)17-24-25(29)28(22-7-5-4-6-8-22)26(31-24)27-21-13-9-19(3)10-14-21/h9-18,22H,4-8H2,1-3H3/b24-17+,27-26?. The molecule has 1 saturated carbocycles. The number of aryl methyl sites for hydroxylation is 1. The maximum atomic E-state index is 13.4. The highest BCUT2D eigenvalue weighted by Crippen LogP contribution is 2.38. The highest BCUT2D eigenvalue weighted by molar-refractivity contribution is 8.18. The number of rotatable bonds is 5. The molecule has 2 aromatic carbocycles. The van der Waals surface area contributed by atoms with Gasteiger partial charge in [0, 0.05) is 6.04 Å². The lowest BCUT2D eigenvalue weighted by Gasteiger charge is -2.30. The van der Waals surface area contributed by atoms with E-state index in [1.54, 1.807) is 0 Å². The second-order valence-electron chi connectivity index (χ2n) is 8.54. The van der Waals surface area contributed by atoms with Crippen LogP contribution in [0.25, 0.3) is 6.08 Å². The minimum atomic E-state index is 0.0743. The monoisotopic (exact) mass is 434 g/mol. The molecule has 1 aliphatic carbocycles. The Morgan fingerprint density at radius 3 is 2.35 bits per heavy atom. The minimum Gasteiger partial charge on any atom is -0.491 e. The average Bonchev–Trinajstić information content (AvgIpc) is 3.06. The summed E-state index contributed by atoms with van der Waals surface area (Å²) in [5.74, 6) is 0.915. The maximum Gasteiger partial charge on any atom is 0.267 e. The first-order valence-electron chi connectivity index (χ1n) is 11.1. The lowest BCUT2D eigenvalue weighted by Crippen LogP contribution is -2.40. The number of thioether (sulfide) groups is 1. The molecule has 0 aromatic heterocycles. The Bertz CT molecular complexity index is 971. The predicted molar refractivity (Wildman–Crippen MR) is 130 cm³/mol. The number of carbonyl (C=O) groups is 1. The third-order valence-corrected chi connectivity index (χ3v) is 6.57. The molecule has 0 unspecified atom stereocenters. The van der Waals surface area contributed by atoms with Crippen LogP contribution in [0.5, 0.6) is 5.75 Å².